The SMILES string of the molecule is COc1ccc2c(OC)c(CC(=O)C(C)(C)O)c(=O)n(C)c2c1OC. The maximum atomic E-state index is 12.8. The molecule has 0 aliphatic rings. The molecular formula is C18H23NO6. The van der Waals surface area contributed by atoms with Gasteiger partial charge in [-0.2, -0.15) is 0 Å². The van der Waals surface area contributed by atoms with Gasteiger partial charge in [-0.25, -0.2) is 0 Å². The molecule has 7 nitrogen and oxygen atoms in total. The number of carbonyl (C=O) groups excluding carboxylic acids is 1. The van der Waals surface area contributed by atoms with Crippen molar-refractivity contribution in [2.75, 3.05) is 21.3 Å². The van der Waals surface area contributed by atoms with Crippen LogP contribution in [0.15, 0.2) is 16.9 Å². The molecule has 0 aliphatic carbocycles. The van der Waals surface area contributed by atoms with E-state index in [9.17, 15) is 14.7 Å². The first-order valence-corrected chi connectivity index (χ1v) is 7.73. The first-order valence-electron chi connectivity index (χ1n) is 7.73. The Hall–Kier alpha value is -2.54. The van der Waals surface area contributed by atoms with E-state index in [-0.39, 0.29) is 17.7 Å². The van der Waals surface area contributed by atoms with Crippen LogP contribution in [0.4, 0.5) is 0 Å². The molecule has 0 saturated carbocycles. The van der Waals surface area contributed by atoms with Gasteiger partial charge in [-0.3, -0.25) is 9.59 Å². The van der Waals surface area contributed by atoms with Gasteiger partial charge in [0.05, 0.1) is 26.9 Å². The number of ether oxygens (including phenoxy) is 3. The number of hydrogen-bond donors (Lipinski definition) is 1. The predicted molar refractivity (Wildman–Crippen MR) is 93.9 cm³/mol. The smallest absolute Gasteiger partial charge is 0.258 e. The Bertz CT molecular complexity index is 876. The third kappa shape index (κ3) is 3.19. The molecule has 1 aromatic heterocycles. The van der Waals surface area contributed by atoms with Gasteiger partial charge in [0.2, 0.25) is 0 Å². The van der Waals surface area contributed by atoms with E-state index in [1.54, 1.807) is 19.2 Å². The lowest BCUT2D eigenvalue weighted by molar-refractivity contribution is -0.133. The molecule has 0 bridgehead atoms. The monoisotopic (exact) mass is 349 g/mol. The summed E-state index contributed by atoms with van der Waals surface area (Å²) < 4.78 is 17.5. The number of rotatable bonds is 6. The van der Waals surface area contributed by atoms with Crippen LogP contribution < -0.4 is 19.8 Å². The number of hydrogen-bond acceptors (Lipinski definition) is 6. The zero-order chi connectivity index (χ0) is 18.9. The Morgan fingerprint density at radius 3 is 2.20 bits per heavy atom. The number of nitrogens with zero attached hydrogens (tertiary/aromatic N) is 1. The van der Waals surface area contributed by atoms with Gasteiger partial charge in [0.25, 0.3) is 5.56 Å². The van der Waals surface area contributed by atoms with E-state index in [4.69, 9.17) is 14.2 Å². The summed E-state index contributed by atoms with van der Waals surface area (Å²) in [6, 6.07) is 3.45. The van der Waals surface area contributed by atoms with Crippen LogP contribution in [0.25, 0.3) is 10.9 Å². The lowest BCUT2D eigenvalue weighted by atomic mass is 9.96. The van der Waals surface area contributed by atoms with E-state index in [1.165, 1.54) is 39.7 Å². The molecule has 0 spiro atoms. The average Bonchev–Trinajstić information content (AvgIpc) is 2.57. The first kappa shape index (κ1) is 18.8. The van der Waals surface area contributed by atoms with Gasteiger partial charge in [0, 0.05) is 18.9 Å². The summed E-state index contributed by atoms with van der Waals surface area (Å²) in [7, 11) is 6.02. The molecular weight excluding hydrogens is 326 g/mol. The number of methoxy groups -OCH3 is 3. The Labute approximate surface area is 145 Å². The standard InChI is InChI=1S/C18H23NO6/c1-18(2,22)13(20)9-11-15(24-5)10-7-8-12(23-4)16(25-6)14(10)19(3)17(11)21/h7-8,22H,9H2,1-6H3. The van der Waals surface area contributed by atoms with Gasteiger partial charge in [-0.15, -0.1) is 0 Å². The van der Waals surface area contributed by atoms with Crippen LogP contribution in [-0.2, 0) is 18.3 Å². The Balaban J connectivity index is 2.85. The van der Waals surface area contributed by atoms with Crippen molar-refractivity contribution >= 4 is 16.7 Å². The molecule has 1 heterocycles. The second-order valence-electron chi connectivity index (χ2n) is 6.23. The van der Waals surface area contributed by atoms with E-state index in [0.717, 1.165) is 0 Å². The van der Waals surface area contributed by atoms with Crippen molar-refractivity contribution < 1.29 is 24.1 Å². The fourth-order valence-electron chi connectivity index (χ4n) is 2.76. The maximum absolute atomic E-state index is 12.8. The van der Waals surface area contributed by atoms with Crippen molar-refractivity contribution in [2.24, 2.45) is 7.05 Å². The van der Waals surface area contributed by atoms with E-state index in [1.807, 2.05) is 0 Å². The molecule has 0 unspecified atom stereocenters. The van der Waals surface area contributed by atoms with Crippen molar-refractivity contribution in [3.8, 4) is 17.2 Å². The second-order valence-corrected chi connectivity index (χ2v) is 6.23. The van der Waals surface area contributed by atoms with Gasteiger partial charge >= 0.3 is 0 Å². The van der Waals surface area contributed by atoms with Crippen molar-refractivity contribution in [3.63, 3.8) is 0 Å². The van der Waals surface area contributed by atoms with Crippen molar-refractivity contribution in [3.05, 3.63) is 28.0 Å². The maximum Gasteiger partial charge on any atom is 0.258 e. The third-order valence-corrected chi connectivity index (χ3v) is 4.16. The quantitative estimate of drug-likeness (QED) is 0.849. The normalized spacial score (nSPS) is 11.5. The van der Waals surface area contributed by atoms with Gasteiger partial charge in [0.15, 0.2) is 17.3 Å². The van der Waals surface area contributed by atoms with E-state index < -0.39 is 16.9 Å². The minimum Gasteiger partial charge on any atom is -0.496 e. The average molecular weight is 349 g/mol. The lowest BCUT2D eigenvalue weighted by Crippen LogP contribution is -2.35. The Kier molecular flexibility index (Phi) is 5.08. The van der Waals surface area contributed by atoms with Crippen LogP contribution in [0.1, 0.15) is 19.4 Å². The summed E-state index contributed by atoms with van der Waals surface area (Å²) in [5.41, 5.74) is -1.24. The summed E-state index contributed by atoms with van der Waals surface area (Å²) in [5.74, 6) is 0.699. The number of aliphatic hydroxyl groups is 1. The molecule has 7 heteroatoms. The lowest BCUT2D eigenvalue weighted by Gasteiger charge is -2.20. The predicted octanol–water partition coefficient (Wildman–Crippen LogP) is 1.45. The fourth-order valence-corrected chi connectivity index (χ4v) is 2.76. The van der Waals surface area contributed by atoms with Gasteiger partial charge < -0.3 is 23.9 Å². The van der Waals surface area contributed by atoms with Gasteiger partial charge in [-0.05, 0) is 26.0 Å². The largest absolute Gasteiger partial charge is 0.496 e. The van der Waals surface area contributed by atoms with Crippen LogP contribution in [0.2, 0.25) is 0 Å². The van der Waals surface area contributed by atoms with Crippen LogP contribution in [0, 0.1) is 0 Å². The van der Waals surface area contributed by atoms with E-state index >= 15 is 0 Å². The molecule has 0 atom stereocenters. The minimum absolute atomic E-state index is 0.192. The van der Waals surface area contributed by atoms with Crippen LogP contribution in [0.5, 0.6) is 17.2 Å². The molecule has 0 saturated heterocycles. The van der Waals surface area contributed by atoms with Crippen LogP contribution >= 0.6 is 0 Å². The highest BCUT2D eigenvalue weighted by Gasteiger charge is 2.28. The number of fused-ring (bicyclic) bond motifs is 1. The van der Waals surface area contributed by atoms with Crippen molar-refractivity contribution in [1.29, 1.82) is 0 Å². The first-order chi connectivity index (χ1) is 11.7. The summed E-state index contributed by atoms with van der Waals surface area (Å²) in [4.78, 5) is 25.1. The Morgan fingerprint density at radius 1 is 1.12 bits per heavy atom. The zero-order valence-corrected chi connectivity index (χ0v) is 15.3. The summed E-state index contributed by atoms with van der Waals surface area (Å²) in [6.07, 6.45) is -0.233. The number of Topliss-reactive ketones (excluding diaryl/α,β-unsaturated/α-hetero) is 1. The highest BCUT2D eigenvalue weighted by molar-refractivity contribution is 5.95. The molecule has 25 heavy (non-hydrogen) atoms. The number of aromatic nitrogens is 1. The van der Waals surface area contributed by atoms with Gasteiger partial charge in [0.1, 0.15) is 16.9 Å². The van der Waals surface area contributed by atoms with Gasteiger partial charge in [-0.1, -0.05) is 0 Å². The summed E-state index contributed by atoms with van der Waals surface area (Å²) in [6.45, 7) is 2.78. The molecule has 0 aliphatic heterocycles. The Morgan fingerprint density at radius 2 is 1.72 bits per heavy atom. The molecule has 0 amide bonds. The molecule has 136 valence electrons. The molecule has 1 aromatic carbocycles. The van der Waals surface area contributed by atoms with E-state index in [2.05, 4.69) is 0 Å². The highest BCUT2D eigenvalue weighted by Crippen LogP contribution is 2.39. The highest BCUT2D eigenvalue weighted by atomic mass is 16.5. The molecule has 0 fully saturated rings. The minimum atomic E-state index is -1.54. The molecule has 2 rings (SSSR count). The molecule has 2 aromatic rings. The molecule has 0 radical (unpaired) electrons. The number of ketones is 1. The summed E-state index contributed by atoms with van der Waals surface area (Å²) in [5, 5.41) is 10.5. The fraction of sp³-hybridized carbons (Fsp3) is 0.444. The number of benzene rings is 1. The van der Waals surface area contributed by atoms with Crippen molar-refractivity contribution in [1.82, 2.24) is 4.57 Å². The van der Waals surface area contributed by atoms with Crippen LogP contribution in [0.3, 0.4) is 0 Å². The zero-order valence-electron chi connectivity index (χ0n) is 15.3. The van der Waals surface area contributed by atoms with Crippen LogP contribution in [-0.4, -0.2) is 42.4 Å². The molecule has 1 N–H and O–H groups in total. The third-order valence-electron chi connectivity index (χ3n) is 4.16. The second kappa shape index (κ2) is 6.76. The number of carbonyl (C=O) groups is 1. The summed E-state index contributed by atoms with van der Waals surface area (Å²) >= 11 is 0. The topological polar surface area (TPSA) is 87.0 Å². The number of aryl methyl sites for hydroxylation is 1. The van der Waals surface area contributed by atoms with Crippen molar-refractivity contribution in [2.45, 2.75) is 25.9 Å². The number of pyridine rings is 1. The van der Waals surface area contributed by atoms with E-state index in [0.29, 0.717) is 22.4 Å².